The first-order chi connectivity index (χ1) is 8.77. The Hall–Kier alpha value is -1.16. The lowest BCUT2D eigenvalue weighted by Crippen LogP contribution is -2.17. The van der Waals surface area contributed by atoms with E-state index in [1.54, 1.807) is 6.20 Å². The van der Waals surface area contributed by atoms with Gasteiger partial charge in [0.2, 0.25) is 0 Å². The first-order valence-electron chi connectivity index (χ1n) is 6.76. The Morgan fingerprint density at radius 3 is 2.89 bits per heavy atom. The SMILES string of the molecule is NC(=S)c1cccnc1NCCC1CCCCC1. The van der Waals surface area contributed by atoms with Crippen molar-refractivity contribution >= 4 is 23.0 Å². The molecule has 3 nitrogen and oxygen atoms in total. The minimum absolute atomic E-state index is 0.406. The predicted molar refractivity (Wildman–Crippen MR) is 79.8 cm³/mol. The average Bonchev–Trinajstić information content (AvgIpc) is 2.40. The van der Waals surface area contributed by atoms with Gasteiger partial charge in [0, 0.05) is 12.7 Å². The highest BCUT2D eigenvalue weighted by atomic mass is 32.1. The predicted octanol–water partition coefficient (Wildman–Crippen LogP) is 3.10. The molecule has 1 aromatic rings. The molecule has 0 spiro atoms. The Labute approximate surface area is 114 Å². The summed E-state index contributed by atoms with van der Waals surface area (Å²) in [6.07, 6.45) is 9.95. The van der Waals surface area contributed by atoms with E-state index in [2.05, 4.69) is 10.3 Å². The number of nitrogens with two attached hydrogens (primary N) is 1. The van der Waals surface area contributed by atoms with E-state index in [1.807, 2.05) is 12.1 Å². The van der Waals surface area contributed by atoms with Crippen LogP contribution in [0.15, 0.2) is 18.3 Å². The lowest BCUT2D eigenvalue weighted by atomic mass is 9.87. The van der Waals surface area contributed by atoms with E-state index in [4.69, 9.17) is 18.0 Å². The van der Waals surface area contributed by atoms with Crippen molar-refractivity contribution in [3.8, 4) is 0 Å². The van der Waals surface area contributed by atoms with Gasteiger partial charge in [-0.2, -0.15) is 0 Å². The number of pyridine rings is 1. The van der Waals surface area contributed by atoms with Crippen molar-refractivity contribution in [2.45, 2.75) is 38.5 Å². The highest BCUT2D eigenvalue weighted by molar-refractivity contribution is 7.80. The highest BCUT2D eigenvalue weighted by Crippen LogP contribution is 2.26. The number of nitrogens with zero attached hydrogens (tertiary/aromatic N) is 1. The van der Waals surface area contributed by atoms with E-state index in [1.165, 1.54) is 38.5 Å². The van der Waals surface area contributed by atoms with Gasteiger partial charge < -0.3 is 11.1 Å². The normalized spacial score (nSPS) is 16.4. The van der Waals surface area contributed by atoms with E-state index in [0.29, 0.717) is 4.99 Å². The molecule has 0 radical (unpaired) electrons. The maximum atomic E-state index is 5.68. The zero-order valence-electron chi connectivity index (χ0n) is 10.7. The monoisotopic (exact) mass is 263 g/mol. The van der Waals surface area contributed by atoms with Crippen LogP contribution in [0, 0.1) is 5.92 Å². The Balaban J connectivity index is 1.84. The number of thiocarbonyl (C=S) groups is 1. The summed E-state index contributed by atoms with van der Waals surface area (Å²) in [5.74, 6) is 1.70. The summed E-state index contributed by atoms with van der Waals surface area (Å²) in [5.41, 5.74) is 6.52. The average molecular weight is 263 g/mol. The van der Waals surface area contributed by atoms with Gasteiger partial charge in [-0.3, -0.25) is 0 Å². The summed E-state index contributed by atoms with van der Waals surface area (Å²) in [4.78, 5) is 4.71. The first-order valence-corrected chi connectivity index (χ1v) is 7.17. The number of hydrogen-bond acceptors (Lipinski definition) is 3. The van der Waals surface area contributed by atoms with Gasteiger partial charge in [0.25, 0.3) is 0 Å². The molecule has 1 aliphatic rings. The summed E-state index contributed by atoms with van der Waals surface area (Å²) >= 11 is 5.02. The molecule has 2 rings (SSSR count). The third-order valence-corrected chi connectivity index (χ3v) is 3.86. The molecule has 18 heavy (non-hydrogen) atoms. The summed E-state index contributed by atoms with van der Waals surface area (Å²) in [6.45, 7) is 0.956. The van der Waals surface area contributed by atoms with Crippen LogP contribution in [0.4, 0.5) is 5.82 Å². The molecule has 0 aliphatic heterocycles. The van der Waals surface area contributed by atoms with Gasteiger partial charge in [-0.15, -0.1) is 0 Å². The van der Waals surface area contributed by atoms with Crippen molar-refractivity contribution < 1.29 is 0 Å². The van der Waals surface area contributed by atoms with Crippen LogP contribution in [-0.2, 0) is 0 Å². The zero-order valence-corrected chi connectivity index (χ0v) is 11.5. The topological polar surface area (TPSA) is 50.9 Å². The second-order valence-electron chi connectivity index (χ2n) is 4.98. The molecule has 98 valence electrons. The molecule has 0 amide bonds. The highest BCUT2D eigenvalue weighted by Gasteiger charge is 2.13. The molecule has 1 fully saturated rings. The fourth-order valence-electron chi connectivity index (χ4n) is 2.62. The van der Waals surface area contributed by atoms with Gasteiger partial charge in [0.1, 0.15) is 10.8 Å². The minimum atomic E-state index is 0.406. The molecular formula is C14H21N3S. The van der Waals surface area contributed by atoms with Gasteiger partial charge >= 0.3 is 0 Å². The van der Waals surface area contributed by atoms with Gasteiger partial charge in [-0.1, -0.05) is 44.3 Å². The standard InChI is InChI=1S/C14H21N3S/c15-13(18)12-7-4-9-16-14(12)17-10-8-11-5-2-1-3-6-11/h4,7,9,11H,1-3,5-6,8,10H2,(H2,15,18)(H,16,17). The first kappa shape index (κ1) is 13.3. The van der Waals surface area contributed by atoms with Crippen LogP contribution in [0.2, 0.25) is 0 Å². The smallest absolute Gasteiger partial charge is 0.136 e. The Morgan fingerprint density at radius 1 is 1.39 bits per heavy atom. The van der Waals surface area contributed by atoms with Crippen LogP contribution in [0.1, 0.15) is 44.1 Å². The second kappa shape index (κ2) is 6.69. The third kappa shape index (κ3) is 3.67. The van der Waals surface area contributed by atoms with Crippen molar-refractivity contribution in [3.05, 3.63) is 23.9 Å². The van der Waals surface area contributed by atoms with E-state index in [9.17, 15) is 0 Å². The lowest BCUT2D eigenvalue weighted by Gasteiger charge is -2.21. The van der Waals surface area contributed by atoms with Crippen molar-refractivity contribution in [2.75, 3.05) is 11.9 Å². The zero-order chi connectivity index (χ0) is 12.8. The van der Waals surface area contributed by atoms with E-state index < -0.39 is 0 Å². The molecule has 1 aliphatic carbocycles. The summed E-state index contributed by atoms with van der Waals surface area (Å²) < 4.78 is 0. The van der Waals surface area contributed by atoms with Gasteiger partial charge in [0.15, 0.2) is 0 Å². The molecular weight excluding hydrogens is 242 g/mol. The van der Waals surface area contributed by atoms with Crippen LogP contribution in [0.25, 0.3) is 0 Å². The maximum Gasteiger partial charge on any atom is 0.136 e. The van der Waals surface area contributed by atoms with Crippen molar-refractivity contribution in [2.24, 2.45) is 11.7 Å². The van der Waals surface area contributed by atoms with Crippen molar-refractivity contribution in [1.29, 1.82) is 0 Å². The molecule has 1 aromatic heterocycles. The van der Waals surface area contributed by atoms with Crippen LogP contribution in [0.3, 0.4) is 0 Å². The third-order valence-electron chi connectivity index (χ3n) is 3.64. The number of hydrogen-bond donors (Lipinski definition) is 2. The molecule has 0 saturated heterocycles. The molecule has 0 bridgehead atoms. The van der Waals surface area contributed by atoms with Crippen LogP contribution >= 0.6 is 12.2 Å². The Morgan fingerprint density at radius 2 is 2.17 bits per heavy atom. The number of nitrogens with one attached hydrogen (secondary N) is 1. The van der Waals surface area contributed by atoms with Crippen molar-refractivity contribution in [3.63, 3.8) is 0 Å². The summed E-state index contributed by atoms with van der Waals surface area (Å²) in [5, 5.41) is 3.36. The largest absolute Gasteiger partial charge is 0.389 e. The lowest BCUT2D eigenvalue weighted by molar-refractivity contribution is 0.345. The summed E-state index contributed by atoms with van der Waals surface area (Å²) in [6, 6.07) is 3.78. The van der Waals surface area contributed by atoms with E-state index in [0.717, 1.165) is 23.8 Å². The molecule has 1 saturated carbocycles. The van der Waals surface area contributed by atoms with Gasteiger partial charge in [-0.05, 0) is 24.5 Å². The van der Waals surface area contributed by atoms with E-state index >= 15 is 0 Å². The molecule has 3 N–H and O–H groups in total. The molecule has 0 atom stereocenters. The van der Waals surface area contributed by atoms with Crippen molar-refractivity contribution in [1.82, 2.24) is 4.98 Å². The van der Waals surface area contributed by atoms with Gasteiger partial charge in [0.05, 0.1) is 5.56 Å². The molecule has 0 unspecified atom stereocenters. The van der Waals surface area contributed by atoms with Crippen LogP contribution in [-0.4, -0.2) is 16.5 Å². The fraction of sp³-hybridized carbons (Fsp3) is 0.571. The van der Waals surface area contributed by atoms with Gasteiger partial charge in [-0.25, -0.2) is 4.98 Å². The molecule has 0 aromatic carbocycles. The molecule has 4 heteroatoms. The van der Waals surface area contributed by atoms with Crippen LogP contribution in [0.5, 0.6) is 0 Å². The maximum absolute atomic E-state index is 5.68. The fourth-order valence-corrected chi connectivity index (χ4v) is 2.78. The number of rotatable bonds is 5. The number of aromatic nitrogens is 1. The Kier molecular flexibility index (Phi) is 4.93. The van der Waals surface area contributed by atoms with E-state index in [-0.39, 0.29) is 0 Å². The summed E-state index contributed by atoms with van der Waals surface area (Å²) in [7, 11) is 0. The molecule has 1 heterocycles. The second-order valence-corrected chi connectivity index (χ2v) is 5.42. The number of anilines is 1. The Bertz CT molecular complexity index is 400. The van der Waals surface area contributed by atoms with Crippen LogP contribution < -0.4 is 11.1 Å². The minimum Gasteiger partial charge on any atom is -0.389 e. The quantitative estimate of drug-likeness (QED) is 0.802.